The summed E-state index contributed by atoms with van der Waals surface area (Å²) in [6.45, 7) is 3.61. The maximum atomic E-state index is 12.0. The molecule has 0 N–H and O–H groups in total. The molecule has 20 heavy (non-hydrogen) atoms. The number of ether oxygens (including phenoxy) is 2. The van der Waals surface area contributed by atoms with Crippen LogP contribution in [0.5, 0.6) is 0 Å². The number of carbonyl (C=O) groups excluding carboxylic acids is 2. The van der Waals surface area contributed by atoms with Crippen LogP contribution in [-0.2, 0) is 31.9 Å². The third-order valence-electron chi connectivity index (χ3n) is 3.50. The molecule has 0 aliphatic heterocycles. The number of halogens is 1. The van der Waals surface area contributed by atoms with E-state index in [0.29, 0.717) is 10.7 Å². The van der Waals surface area contributed by atoms with Crippen molar-refractivity contribution in [3.05, 3.63) is 35.7 Å². The summed E-state index contributed by atoms with van der Waals surface area (Å²) in [5.74, 6) is -1.21. The highest BCUT2D eigenvalue weighted by Gasteiger charge is 2.52. The molecule has 0 radical (unpaired) electrons. The van der Waals surface area contributed by atoms with Crippen molar-refractivity contribution in [2.24, 2.45) is 5.41 Å². The maximum absolute atomic E-state index is 12.0. The molecule has 1 aromatic heterocycles. The highest BCUT2D eigenvalue weighted by molar-refractivity contribution is 6.48. The number of aromatic nitrogens is 1. The van der Waals surface area contributed by atoms with Crippen LogP contribution in [0.3, 0.4) is 0 Å². The molecule has 0 atom stereocenters. The lowest BCUT2D eigenvalue weighted by Crippen LogP contribution is -2.42. The first-order chi connectivity index (χ1) is 9.44. The van der Waals surface area contributed by atoms with E-state index in [1.54, 1.807) is 12.3 Å². The quantitative estimate of drug-likeness (QED) is 0.627. The molecule has 0 saturated carbocycles. The Bertz CT molecular complexity index is 581. The molecular formula is C14H14ClNO4. The summed E-state index contributed by atoms with van der Waals surface area (Å²) in [7, 11) is 2.50. The van der Waals surface area contributed by atoms with Crippen molar-refractivity contribution >= 4 is 28.6 Å². The summed E-state index contributed by atoms with van der Waals surface area (Å²) in [5.41, 5.74) is 0.825. The van der Waals surface area contributed by atoms with Crippen molar-refractivity contribution in [1.29, 1.82) is 0 Å². The van der Waals surface area contributed by atoms with Gasteiger partial charge in [-0.05, 0) is 23.6 Å². The smallest absolute Gasteiger partial charge is 0.323 e. The number of carbonyl (C=O) groups is 2. The molecule has 0 unspecified atom stereocenters. The third kappa shape index (κ3) is 2.18. The molecule has 0 spiro atoms. The first kappa shape index (κ1) is 14.5. The molecule has 2 rings (SSSR count). The summed E-state index contributed by atoms with van der Waals surface area (Å²) < 4.78 is 9.53. The molecule has 0 bridgehead atoms. The molecule has 1 aliphatic rings. The Kier molecular flexibility index (Phi) is 3.81. The van der Waals surface area contributed by atoms with Gasteiger partial charge in [-0.2, -0.15) is 0 Å². The van der Waals surface area contributed by atoms with Crippen LogP contribution in [-0.4, -0.2) is 31.1 Å². The van der Waals surface area contributed by atoms with Gasteiger partial charge in [0.15, 0.2) is 5.41 Å². The molecule has 5 nitrogen and oxygen atoms in total. The summed E-state index contributed by atoms with van der Waals surface area (Å²) in [6.07, 6.45) is 2.02. The van der Waals surface area contributed by atoms with E-state index < -0.39 is 17.4 Å². The SMILES string of the molecule is C=C(Cl)c1cc2c(cn1)CC(C(=O)OC)(C(=O)OC)C2. The van der Waals surface area contributed by atoms with E-state index >= 15 is 0 Å². The van der Waals surface area contributed by atoms with E-state index in [-0.39, 0.29) is 12.8 Å². The predicted molar refractivity (Wildman–Crippen MR) is 73.0 cm³/mol. The lowest BCUT2D eigenvalue weighted by molar-refractivity contribution is -0.168. The van der Waals surface area contributed by atoms with Crippen LogP contribution in [0.15, 0.2) is 18.8 Å². The van der Waals surface area contributed by atoms with Gasteiger partial charge in [-0.3, -0.25) is 14.6 Å². The van der Waals surface area contributed by atoms with Gasteiger partial charge in [-0.15, -0.1) is 0 Å². The van der Waals surface area contributed by atoms with Crippen LogP contribution in [0.4, 0.5) is 0 Å². The highest BCUT2D eigenvalue weighted by Crippen LogP contribution is 2.39. The van der Waals surface area contributed by atoms with Gasteiger partial charge in [0, 0.05) is 12.6 Å². The fourth-order valence-electron chi connectivity index (χ4n) is 2.47. The zero-order chi connectivity index (χ0) is 14.9. The first-order valence-corrected chi connectivity index (χ1v) is 6.32. The molecule has 0 saturated heterocycles. The Balaban J connectivity index is 2.44. The Morgan fingerprint density at radius 1 is 1.25 bits per heavy atom. The van der Waals surface area contributed by atoms with Crippen LogP contribution >= 0.6 is 11.6 Å². The molecule has 1 aromatic rings. The van der Waals surface area contributed by atoms with Crippen LogP contribution in [0.2, 0.25) is 0 Å². The Labute approximate surface area is 121 Å². The van der Waals surface area contributed by atoms with Gasteiger partial charge < -0.3 is 9.47 Å². The molecule has 1 heterocycles. The van der Waals surface area contributed by atoms with E-state index in [9.17, 15) is 9.59 Å². The van der Waals surface area contributed by atoms with Crippen LogP contribution in [0.25, 0.3) is 5.03 Å². The van der Waals surface area contributed by atoms with Gasteiger partial charge in [0.25, 0.3) is 0 Å². The summed E-state index contributed by atoms with van der Waals surface area (Å²) in [6, 6.07) is 1.73. The second kappa shape index (κ2) is 5.25. The molecule has 0 amide bonds. The van der Waals surface area contributed by atoms with Gasteiger partial charge in [-0.1, -0.05) is 18.2 Å². The number of esters is 2. The van der Waals surface area contributed by atoms with Crippen LogP contribution in [0.1, 0.15) is 16.8 Å². The van der Waals surface area contributed by atoms with Crippen molar-refractivity contribution in [2.45, 2.75) is 12.8 Å². The second-order valence-electron chi connectivity index (χ2n) is 4.66. The number of fused-ring (bicyclic) bond motifs is 1. The minimum absolute atomic E-state index is 0.210. The van der Waals surface area contributed by atoms with Crippen molar-refractivity contribution in [1.82, 2.24) is 4.98 Å². The van der Waals surface area contributed by atoms with E-state index in [0.717, 1.165) is 11.1 Å². The number of rotatable bonds is 3. The minimum atomic E-state index is -1.33. The normalized spacial score (nSPS) is 15.3. The number of hydrogen-bond acceptors (Lipinski definition) is 5. The minimum Gasteiger partial charge on any atom is -0.468 e. The van der Waals surface area contributed by atoms with Gasteiger partial charge in [0.05, 0.1) is 24.9 Å². The fourth-order valence-corrected chi connectivity index (χ4v) is 2.58. The van der Waals surface area contributed by atoms with E-state index in [2.05, 4.69) is 11.6 Å². The van der Waals surface area contributed by atoms with E-state index in [1.165, 1.54) is 14.2 Å². The first-order valence-electron chi connectivity index (χ1n) is 5.94. The Morgan fingerprint density at radius 3 is 2.30 bits per heavy atom. The summed E-state index contributed by atoms with van der Waals surface area (Å²) in [4.78, 5) is 28.2. The lowest BCUT2D eigenvalue weighted by atomic mass is 9.85. The van der Waals surface area contributed by atoms with Crippen molar-refractivity contribution in [3.8, 4) is 0 Å². The average Bonchev–Trinajstić information content (AvgIpc) is 2.84. The van der Waals surface area contributed by atoms with Crippen molar-refractivity contribution < 1.29 is 19.1 Å². The summed E-state index contributed by atoms with van der Waals surface area (Å²) in [5, 5.41) is 0.307. The van der Waals surface area contributed by atoms with E-state index in [4.69, 9.17) is 21.1 Å². The van der Waals surface area contributed by atoms with Crippen LogP contribution in [0, 0.1) is 5.41 Å². The topological polar surface area (TPSA) is 65.5 Å². The molecule has 106 valence electrons. The van der Waals surface area contributed by atoms with E-state index in [1.807, 2.05) is 0 Å². The number of nitrogens with zero attached hydrogens (tertiary/aromatic N) is 1. The molecule has 0 fully saturated rings. The number of pyridine rings is 1. The van der Waals surface area contributed by atoms with Gasteiger partial charge in [-0.25, -0.2) is 0 Å². The van der Waals surface area contributed by atoms with Crippen LogP contribution < -0.4 is 0 Å². The molecular weight excluding hydrogens is 282 g/mol. The highest BCUT2D eigenvalue weighted by atomic mass is 35.5. The molecule has 0 aromatic carbocycles. The summed E-state index contributed by atoms with van der Waals surface area (Å²) >= 11 is 5.82. The average molecular weight is 296 g/mol. The largest absolute Gasteiger partial charge is 0.468 e. The Hall–Kier alpha value is -1.88. The fraction of sp³-hybridized carbons (Fsp3) is 0.357. The second-order valence-corrected chi connectivity index (χ2v) is 5.12. The zero-order valence-corrected chi connectivity index (χ0v) is 12.0. The monoisotopic (exact) mass is 295 g/mol. The predicted octanol–water partition coefficient (Wildman–Crippen LogP) is 1.72. The standard InChI is InChI=1S/C14H14ClNO4/c1-8(15)11-4-9-5-14(12(17)19-2,13(18)20-3)6-10(9)7-16-11/h4,7H,1,5-6H2,2-3H3. The molecule has 6 heteroatoms. The Morgan fingerprint density at radius 2 is 1.80 bits per heavy atom. The zero-order valence-electron chi connectivity index (χ0n) is 11.2. The molecule has 1 aliphatic carbocycles. The van der Waals surface area contributed by atoms with Gasteiger partial charge >= 0.3 is 11.9 Å². The lowest BCUT2D eigenvalue weighted by Gasteiger charge is -2.22. The van der Waals surface area contributed by atoms with Gasteiger partial charge in [0.1, 0.15) is 0 Å². The number of methoxy groups -OCH3 is 2. The third-order valence-corrected chi connectivity index (χ3v) is 3.69. The van der Waals surface area contributed by atoms with Crippen molar-refractivity contribution in [3.63, 3.8) is 0 Å². The number of hydrogen-bond donors (Lipinski definition) is 0. The van der Waals surface area contributed by atoms with Gasteiger partial charge in [0.2, 0.25) is 0 Å². The van der Waals surface area contributed by atoms with Crippen molar-refractivity contribution in [2.75, 3.05) is 14.2 Å². The maximum Gasteiger partial charge on any atom is 0.323 e.